The number of rotatable bonds is 5. The molecule has 1 aromatic rings. The van der Waals surface area contributed by atoms with E-state index in [2.05, 4.69) is 22.9 Å². The number of hydrogen-bond donors (Lipinski definition) is 1. The summed E-state index contributed by atoms with van der Waals surface area (Å²) in [7, 11) is 0. The fourth-order valence-electron chi connectivity index (χ4n) is 1.42. The quantitative estimate of drug-likeness (QED) is 0.743. The van der Waals surface area contributed by atoms with Crippen LogP contribution in [-0.4, -0.2) is 11.0 Å². The smallest absolute Gasteiger partial charge is 0.0299 e. The van der Waals surface area contributed by atoms with Crippen molar-refractivity contribution in [3.63, 3.8) is 0 Å². The summed E-state index contributed by atoms with van der Waals surface area (Å²) in [5.41, 5.74) is 7.23. The number of nitrogens with two attached hydrogens (primary N) is 1. The fraction of sp³-hybridized carbons (Fsp3) is 0.462. The van der Waals surface area contributed by atoms with Crippen molar-refractivity contribution in [1.82, 2.24) is 4.98 Å². The maximum atomic E-state index is 5.97. The van der Waals surface area contributed by atoms with Gasteiger partial charge in [-0.15, -0.1) is 11.8 Å². The lowest BCUT2D eigenvalue weighted by molar-refractivity contribution is 0.577. The van der Waals surface area contributed by atoms with Gasteiger partial charge in [-0.05, 0) is 37.8 Å². The van der Waals surface area contributed by atoms with Gasteiger partial charge in [0.2, 0.25) is 0 Å². The van der Waals surface area contributed by atoms with Gasteiger partial charge in [-0.2, -0.15) is 0 Å². The van der Waals surface area contributed by atoms with Crippen LogP contribution in [0.4, 0.5) is 0 Å². The lowest BCUT2D eigenvalue weighted by Crippen LogP contribution is -2.20. The van der Waals surface area contributed by atoms with Gasteiger partial charge in [0, 0.05) is 24.9 Å². The average molecular weight is 202 g/mol. The van der Waals surface area contributed by atoms with E-state index in [-0.39, 0.29) is 6.04 Å². The van der Waals surface area contributed by atoms with Gasteiger partial charge >= 0.3 is 0 Å². The van der Waals surface area contributed by atoms with Gasteiger partial charge in [0.1, 0.15) is 0 Å². The topological polar surface area (TPSA) is 38.9 Å². The van der Waals surface area contributed by atoms with Crippen LogP contribution in [0.2, 0.25) is 0 Å². The number of nitrogens with zero attached hydrogens (tertiary/aromatic N) is 1. The second-order valence-electron chi connectivity index (χ2n) is 3.63. The molecule has 0 saturated carbocycles. The minimum atomic E-state index is 0.256. The van der Waals surface area contributed by atoms with Crippen molar-refractivity contribution in [2.75, 3.05) is 0 Å². The summed E-state index contributed by atoms with van der Waals surface area (Å²) in [4.78, 5) is 4.07. The van der Waals surface area contributed by atoms with Crippen LogP contribution in [0.5, 0.6) is 0 Å². The minimum Gasteiger partial charge on any atom is -0.328 e. The largest absolute Gasteiger partial charge is 0.328 e. The monoisotopic (exact) mass is 202 g/mol. The maximum absolute atomic E-state index is 5.97. The first-order valence-electron chi connectivity index (χ1n) is 5.37. The molecule has 0 bridgehead atoms. The Morgan fingerprint density at radius 3 is 3.00 bits per heavy atom. The number of hydrogen-bond acceptors (Lipinski definition) is 2. The fourth-order valence-corrected chi connectivity index (χ4v) is 1.42. The molecule has 80 valence electrons. The third-order valence-electron chi connectivity index (χ3n) is 2.34. The first kappa shape index (κ1) is 11.7. The molecule has 15 heavy (non-hydrogen) atoms. The van der Waals surface area contributed by atoms with Gasteiger partial charge < -0.3 is 5.73 Å². The molecule has 0 saturated heterocycles. The third-order valence-corrected chi connectivity index (χ3v) is 2.34. The van der Waals surface area contributed by atoms with Crippen molar-refractivity contribution in [1.29, 1.82) is 0 Å². The van der Waals surface area contributed by atoms with E-state index < -0.39 is 0 Å². The highest BCUT2D eigenvalue weighted by atomic mass is 14.6. The summed E-state index contributed by atoms with van der Waals surface area (Å²) < 4.78 is 0. The molecule has 2 heteroatoms. The lowest BCUT2D eigenvalue weighted by Gasteiger charge is -2.08. The van der Waals surface area contributed by atoms with Gasteiger partial charge in [-0.3, -0.25) is 4.98 Å². The first-order valence-corrected chi connectivity index (χ1v) is 5.37. The first-order chi connectivity index (χ1) is 7.33. The molecule has 0 radical (unpaired) electrons. The van der Waals surface area contributed by atoms with E-state index >= 15 is 0 Å². The van der Waals surface area contributed by atoms with Crippen molar-refractivity contribution in [2.45, 2.75) is 38.6 Å². The molecular weight excluding hydrogens is 184 g/mol. The molecule has 0 aliphatic rings. The normalized spacial score (nSPS) is 11.6. The van der Waals surface area contributed by atoms with Gasteiger partial charge in [-0.1, -0.05) is 6.07 Å². The molecule has 0 aromatic carbocycles. The van der Waals surface area contributed by atoms with Crippen molar-refractivity contribution >= 4 is 0 Å². The highest BCUT2D eigenvalue weighted by molar-refractivity contribution is 5.08. The average Bonchev–Trinajstić information content (AvgIpc) is 2.28. The summed E-state index contributed by atoms with van der Waals surface area (Å²) in [5.74, 6) is 5.92. The van der Waals surface area contributed by atoms with Crippen LogP contribution in [0.3, 0.4) is 0 Å². The molecule has 1 rings (SSSR count). The molecule has 1 aromatic heterocycles. The van der Waals surface area contributed by atoms with E-state index in [1.165, 1.54) is 5.56 Å². The Morgan fingerprint density at radius 1 is 1.47 bits per heavy atom. The highest BCUT2D eigenvalue weighted by Crippen LogP contribution is 2.05. The Bertz CT molecular complexity index is 321. The van der Waals surface area contributed by atoms with Crippen LogP contribution in [0.15, 0.2) is 24.5 Å². The predicted octanol–water partition coefficient (Wildman–Crippen LogP) is 2.15. The Morgan fingerprint density at radius 2 is 2.33 bits per heavy atom. The van der Waals surface area contributed by atoms with E-state index in [1.54, 1.807) is 6.20 Å². The number of aromatic nitrogens is 1. The standard InChI is InChI=1S/C13H18N2/c1-2-3-4-7-13(14)9-8-12-6-5-10-15-11-12/h5-6,10-11,13H,4,7-9,14H2,1H3. The minimum absolute atomic E-state index is 0.256. The van der Waals surface area contributed by atoms with Crippen molar-refractivity contribution < 1.29 is 0 Å². The Kier molecular flexibility index (Phi) is 5.50. The summed E-state index contributed by atoms with van der Waals surface area (Å²) in [6.45, 7) is 1.86. The molecule has 0 spiro atoms. The number of aryl methyl sites for hydroxylation is 1. The van der Waals surface area contributed by atoms with Gasteiger partial charge in [0.05, 0.1) is 0 Å². The molecule has 2 nitrogen and oxygen atoms in total. The van der Waals surface area contributed by atoms with E-state index in [9.17, 15) is 0 Å². The third kappa shape index (κ3) is 5.19. The zero-order valence-electron chi connectivity index (χ0n) is 9.24. The SMILES string of the molecule is CC#CCCC(N)CCc1cccnc1. The second kappa shape index (κ2) is 7.03. The van der Waals surface area contributed by atoms with Crippen LogP contribution in [0, 0.1) is 11.8 Å². The van der Waals surface area contributed by atoms with Crippen LogP contribution in [-0.2, 0) is 6.42 Å². The summed E-state index contributed by atoms with van der Waals surface area (Å²) in [6.07, 6.45) is 7.61. The van der Waals surface area contributed by atoms with Crippen molar-refractivity contribution in [3.05, 3.63) is 30.1 Å². The summed E-state index contributed by atoms with van der Waals surface area (Å²) in [6, 6.07) is 4.31. The second-order valence-corrected chi connectivity index (χ2v) is 3.63. The molecule has 2 N–H and O–H groups in total. The molecular formula is C13H18N2. The Labute approximate surface area is 91.9 Å². The van der Waals surface area contributed by atoms with Crippen molar-refractivity contribution in [3.8, 4) is 11.8 Å². The molecule has 0 amide bonds. The zero-order valence-corrected chi connectivity index (χ0v) is 9.24. The van der Waals surface area contributed by atoms with Crippen LogP contribution >= 0.6 is 0 Å². The lowest BCUT2D eigenvalue weighted by atomic mass is 10.0. The van der Waals surface area contributed by atoms with Gasteiger partial charge in [0.25, 0.3) is 0 Å². The predicted molar refractivity (Wildman–Crippen MR) is 63.2 cm³/mol. The highest BCUT2D eigenvalue weighted by Gasteiger charge is 2.01. The van der Waals surface area contributed by atoms with Gasteiger partial charge in [-0.25, -0.2) is 0 Å². The Hall–Kier alpha value is -1.33. The van der Waals surface area contributed by atoms with Crippen LogP contribution in [0.1, 0.15) is 31.7 Å². The molecule has 1 atom stereocenters. The summed E-state index contributed by atoms with van der Waals surface area (Å²) >= 11 is 0. The van der Waals surface area contributed by atoms with E-state index in [1.807, 2.05) is 19.2 Å². The van der Waals surface area contributed by atoms with Crippen LogP contribution in [0.25, 0.3) is 0 Å². The molecule has 1 heterocycles. The number of pyridine rings is 1. The summed E-state index contributed by atoms with van der Waals surface area (Å²) in [5, 5.41) is 0. The van der Waals surface area contributed by atoms with E-state index in [4.69, 9.17) is 5.73 Å². The zero-order chi connectivity index (χ0) is 10.9. The van der Waals surface area contributed by atoms with Crippen molar-refractivity contribution in [2.24, 2.45) is 5.73 Å². The maximum Gasteiger partial charge on any atom is 0.0299 e. The van der Waals surface area contributed by atoms with Crippen LogP contribution < -0.4 is 5.73 Å². The van der Waals surface area contributed by atoms with Gasteiger partial charge in [0.15, 0.2) is 0 Å². The molecule has 1 unspecified atom stereocenters. The molecule has 0 aliphatic heterocycles. The Balaban J connectivity index is 2.21. The molecule has 0 fully saturated rings. The van der Waals surface area contributed by atoms with E-state index in [0.717, 1.165) is 25.7 Å². The van der Waals surface area contributed by atoms with E-state index in [0.29, 0.717) is 0 Å². The molecule has 0 aliphatic carbocycles.